The maximum Gasteiger partial charge on any atom is 0.239 e. The van der Waals surface area contributed by atoms with Crippen molar-refractivity contribution in [1.29, 1.82) is 0 Å². The van der Waals surface area contributed by atoms with Gasteiger partial charge < -0.3 is 10.6 Å². The van der Waals surface area contributed by atoms with Crippen LogP contribution in [0.15, 0.2) is 0 Å². The van der Waals surface area contributed by atoms with Gasteiger partial charge in [0.15, 0.2) is 0 Å². The predicted octanol–water partition coefficient (Wildman–Crippen LogP) is 0.981. The Balaban J connectivity index is 2.07. The molecule has 2 rings (SSSR count). The van der Waals surface area contributed by atoms with E-state index >= 15 is 0 Å². The van der Waals surface area contributed by atoms with Gasteiger partial charge in [0.2, 0.25) is 5.91 Å². The SMILES string of the molecule is CC(C)C(C1CC1)N1CCC(N)C1=O. The molecule has 3 heteroatoms. The van der Waals surface area contributed by atoms with Crippen molar-refractivity contribution >= 4 is 5.91 Å². The fourth-order valence-corrected chi connectivity index (χ4v) is 2.62. The predicted molar refractivity (Wildman–Crippen MR) is 55.7 cm³/mol. The van der Waals surface area contributed by atoms with E-state index < -0.39 is 0 Å². The fraction of sp³-hybridized carbons (Fsp3) is 0.909. The zero-order valence-corrected chi connectivity index (χ0v) is 9.07. The summed E-state index contributed by atoms with van der Waals surface area (Å²) >= 11 is 0. The van der Waals surface area contributed by atoms with Crippen molar-refractivity contribution in [2.45, 2.75) is 45.2 Å². The number of nitrogens with two attached hydrogens (primary N) is 1. The van der Waals surface area contributed by atoms with Crippen molar-refractivity contribution < 1.29 is 4.79 Å². The molecule has 2 unspecified atom stereocenters. The second-order valence-electron chi connectivity index (χ2n) is 5.00. The molecule has 2 N–H and O–H groups in total. The van der Waals surface area contributed by atoms with Gasteiger partial charge in [0.1, 0.15) is 0 Å². The van der Waals surface area contributed by atoms with Gasteiger partial charge >= 0.3 is 0 Å². The van der Waals surface area contributed by atoms with Crippen LogP contribution in [0.3, 0.4) is 0 Å². The minimum atomic E-state index is -0.227. The Bertz CT molecular complexity index is 233. The van der Waals surface area contributed by atoms with E-state index in [4.69, 9.17) is 5.73 Å². The highest BCUT2D eigenvalue weighted by Crippen LogP contribution is 2.39. The molecule has 1 aliphatic heterocycles. The second-order valence-corrected chi connectivity index (χ2v) is 5.00. The number of likely N-dealkylation sites (tertiary alicyclic amines) is 1. The first kappa shape index (κ1) is 9.97. The van der Waals surface area contributed by atoms with Gasteiger partial charge in [0.05, 0.1) is 6.04 Å². The first-order valence-corrected chi connectivity index (χ1v) is 5.67. The molecule has 3 nitrogen and oxygen atoms in total. The van der Waals surface area contributed by atoms with Crippen LogP contribution in [0.1, 0.15) is 33.1 Å². The normalized spacial score (nSPS) is 30.1. The van der Waals surface area contributed by atoms with Crippen LogP contribution >= 0.6 is 0 Å². The summed E-state index contributed by atoms with van der Waals surface area (Å²) in [5.41, 5.74) is 5.74. The Morgan fingerprint density at radius 1 is 1.36 bits per heavy atom. The molecular weight excluding hydrogens is 176 g/mol. The van der Waals surface area contributed by atoms with Gasteiger partial charge in [-0.05, 0) is 31.1 Å². The third kappa shape index (κ3) is 1.65. The molecule has 1 aliphatic carbocycles. The summed E-state index contributed by atoms with van der Waals surface area (Å²) in [7, 11) is 0. The first-order valence-electron chi connectivity index (χ1n) is 5.67. The molecule has 1 heterocycles. The molecule has 1 saturated carbocycles. The second kappa shape index (κ2) is 3.54. The Morgan fingerprint density at radius 3 is 2.36 bits per heavy atom. The number of hydrogen-bond donors (Lipinski definition) is 1. The Kier molecular flexibility index (Phi) is 2.52. The molecule has 0 aromatic heterocycles. The summed E-state index contributed by atoms with van der Waals surface area (Å²) in [6.45, 7) is 5.29. The van der Waals surface area contributed by atoms with Crippen molar-refractivity contribution in [3.05, 3.63) is 0 Å². The van der Waals surface area contributed by atoms with Gasteiger partial charge in [-0.25, -0.2) is 0 Å². The summed E-state index contributed by atoms with van der Waals surface area (Å²) < 4.78 is 0. The van der Waals surface area contributed by atoms with E-state index in [9.17, 15) is 4.79 Å². The molecule has 1 saturated heterocycles. The number of rotatable bonds is 3. The molecule has 0 radical (unpaired) electrons. The van der Waals surface area contributed by atoms with E-state index in [0.29, 0.717) is 12.0 Å². The molecule has 0 aromatic carbocycles. The standard InChI is InChI=1S/C11H20N2O/c1-7(2)10(8-3-4-8)13-6-5-9(12)11(13)14/h7-10H,3-6,12H2,1-2H3. The van der Waals surface area contributed by atoms with E-state index in [1.807, 2.05) is 4.90 Å². The van der Waals surface area contributed by atoms with Crippen molar-refractivity contribution in [2.75, 3.05) is 6.54 Å². The largest absolute Gasteiger partial charge is 0.338 e. The third-order valence-corrected chi connectivity index (χ3v) is 3.43. The van der Waals surface area contributed by atoms with Gasteiger partial charge in [-0.2, -0.15) is 0 Å². The van der Waals surface area contributed by atoms with Gasteiger partial charge in [-0.3, -0.25) is 4.79 Å². The molecular formula is C11H20N2O. The van der Waals surface area contributed by atoms with Crippen molar-refractivity contribution in [3.8, 4) is 0 Å². The average Bonchev–Trinajstić information content (AvgIpc) is 2.88. The van der Waals surface area contributed by atoms with Gasteiger partial charge in [0, 0.05) is 12.6 Å². The first-order chi connectivity index (χ1) is 6.61. The average molecular weight is 196 g/mol. The van der Waals surface area contributed by atoms with Crippen LogP contribution < -0.4 is 5.73 Å². The van der Waals surface area contributed by atoms with E-state index in [1.54, 1.807) is 0 Å². The molecule has 2 fully saturated rings. The van der Waals surface area contributed by atoms with Crippen molar-refractivity contribution in [3.63, 3.8) is 0 Å². The molecule has 0 bridgehead atoms. The number of hydrogen-bond acceptors (Lipinski definition) is 2. The maximum atomic E-state index is 11.8. The Labute approximate surface area is 85.6 Å². The highest BCUT2D eigenvalue weighted by Gasteiger charge is 2.42. The lowest BCUT2D eigenvalue weighted by Crippen LogP contribution is -2.44. The van der Waals surface area contributed by atoms with Crippen LogP contribution in [-0.4, -0.2) is 29.4 Å². The Morgan fingerprint density at radius 2 is 2.00 bits per heavy atom. The number of carbonyl (C=O) groups is 1. The van der Waals surface area contributed by atoms with Crippen LogP contribution in [-0.2, 0) is 4.79 Å². The van der Waals surface area contributed by atoms with Crippen LogP contribution in [0.2, 0.25) is 0 Å². The molecule has 0 spiro atoms. The van der Waals surface area contributed by atoms with Gasteiger partial charge in [-0.15, -0.1) is 0 Å². The number of carbonyl (C=O) groups excluding carboxylic acids is 1. The van der Waals surface area contributed by atoms with Crippen LogP contribution in [0.5, 0.6) is 0 Å². The monoisotopic (exact) mass is 196 g/mol. The van der Waals surface area contributed by atoms with E-state index in [-0.39, 0.29) is 11.9 Å². The summed E-state index contributed by atoms with van der Waals surface area (Å²) in [5, 5.41) is 0. The lowest BCUT2D eigenvalue weighted by atomic mass is 9.98. The van der Waals surface area contributed by atoms with E-state index in [0.717, 1.165) is 18.9 Å². The van der Waals surface area contributed by atoms with E-state index in [2.05, 4.69) is 13.8 Å². The molecule has 0 aromatic rings. The topological polar surface area (TPSA) is 46.3 Å². The zero-order valence-electron chi connectivity index (χ0n) is 9.07. The lowest BCUT2D eigenvalue weighted by molar-refractivity contribution is -0.132. The smallest absolute Gasteiger partial charge is 0.239 e. The summed E-state index contributed by atoms with van der Waals surface area (Å²) in [6.07, 6.45) is 3.43. The Hall–Kier alpha value is -0.570. The van der Waals surface area contributed by atoms with Gasteiger partial charge in [-0.1, -0.05) is 13.8 Å². The third-order valence-electron chi connectivity index (χ3n) is 3.43. The highest BCUT2D eigenvalue weighted by atomic mass is 16.2. The zero-order chi connectivity index (χ0) is 10.3. The highest BCUT2D eigenvalue weighted by molar-refractivity contribution is 5.84. The van der Waals surface area contributed by atoms with Gasteiger partial charge in [0.25, 0.3) is 0 Å². The van der Waals surface area contributed by atoms with E-state index in [1.165, 1.54) is 12.8 Å². The molecule has 1 amide bonds. The van der Waals surface area contributed by atoms with Crippen molar-refractivity contribution in [1.82, 2.24) is 4.90 Å². The van der Waals surface area contributed by atoms with Crippen LogP contribution in [0.4, 0.5) is 0 Å². The maximum absolute atomic E-state index is 11.8. The molecule has 80 valence electrons. The lowest BCUT2D eigenvalue weighted by Gasteiger charge is -2.31. The molecule has 2 aliphatic rings. The molecule has 14 heavy (non-hydrogen) atoms. The minimum Gasteiger partial charge on any atom is -0.338 e. The minimum absolute atomic E-state index is 0.176. The summed E-state index contributed by atoms with van der Waals surface area (Å²) in [4.78, 5) is 13.8. The van der Waals surface area contributed by atoms with Crippen molar-refractivity contribution in [2.24, 2.45) is 17.6 Å². The summed E-state index contributed by atoms with van der Waals surface area (Å²) in [6, 6.07) is 0.228. The van der Waals surface area contributed by atoms with Crippen LogP contribution in [0.25, 0.3) is 0 Å². The fourth-order valence-electron chi connectivity index (χ4n) is 2.62. The number of amides is 1. The molecule has 2 atom stereocenters. The number of nitrogens with zero attached hydrogens (tertiary/aromatic N) is 1. The van der Waals surface area contributed by atoms with Crippen LogP contribution in [0, 0.1) is 11.8 Å². The quantitative estimate of drug-likeness (QED) is 0.731. The summed E-state index contributed by atoms with van der Waals surface area (Å²) in [5.74, 6) is 1.50.